The van der Waals surface area contributed by atoms with Gasteiger partial charge in [-0.15, -0.1) is 0 Å². The van der Waals surface area contributed by atoms with Crippen LogP contribution < -0.4 is 0 Å². The molecule has 0 unspecified atom stereocenters. The van der Waals surface area contributed by atoms with Crippen LogP contribution in [0.1, 0.15) is 35.0 Å². The maximum atomic E-state index is 13.1. The lowest BCUT2D eigenvalue weighted by atomic mass is 9.94. The highest BCUT2D eigenvalue weighted by Crippen LogP contribution is 2.40. The number of imidazole rings is 1. The summed E-state index contributed by atoms with van der Waals surface area (Å²) in [5.74, 6) is -1.44. The van der Waals surface area contributed by atoms with Gasteiger partial charge in [0.1, 0.15) is 5.76 Å². The van der Waals surface area contributed by atoms with Crippen LogP contribution >= 0.6 is 0 Å². The molecular formula is C23H25N5O3. The smallest absolute Gasteiger partial charge is 0.295 e. The van der Waals surface area contributed by atoms with Crippen LogP contribution in [0.3, 0.4) is 0 Å². The number of aliphatic hydroxyl groups is 1. The molecule has 31 heavy (non-hydrogen) atoms. The Balaban J connectivity index is 1.76. The number of ketones is 1. The Morgan fingerprint density at radius 2 is 1.87 bits per heavy atom. The molecule has 0 saturated carbocycles. The number of benzene rings is 1. The van der Waals surface area contributed by atoms with Gasteiger partial charge in [0, 0.05) is 38.2 Å². The van der Waals surface area contributed by atoms with Crippen LogP contribution in [0.2, 0.25) is 0 Å². The highest BCUT2D eigenvalue weighted by molar-refractivity contribution is 6.46. The predicted octanol–water partition coefficient (Wildman–Crippen LogP) is 2.75. The number of carbonyl (C=O) groups is 2. The van der Waals surface area contributed by atoms with Crippen molar-refractivity contribution in [1.29, 1.82) is 0 Å². The van der Waals surface area contributed by atoms with E-state index in [4.69, 9.17) is 0 Å². The molecule has 1 saturated heterocycles. The lowest BCUT2D eigenvalue weighted by Gasteiger charge is -2.25. The molecule has 1 fully saturated rings. The van der Waals surface area contributed by atoms with Crippen molar-refractivity contribution in [1.82, 2.24) is 24.2 Å². The van der Waals surface area contributed by atoms with Crippen LogP contribution in [-0.4, -0.2) is 47.6 Å². The number of aryl methyl sites for hydroxylation is 3. The molecule has 0 bridgehead atoms. The summed E-state index contributed by atoms with van der Waals surface area (Å²) in [6.07, 6.45) is 5.93. The van der Waals surface area contributed by atoms with Crippen molar-refractivity contribution < 1.29 is 14.7 Å². The molecule has 8 heteroatoms. The second kappa shape index (κ2) is 8.22. The van der Waals surface area contributed by atoms with Crippen molar-refractivity contribution in [2.24, 2.45) is 7.05 Å². The minimum atomic E-state index is -0.670. The van der Waals surface area contributed by atoms with Crippen molar-refractivity contribution in [3.63, 3.8) is 0 Å². The Kier molecular flexibility index (Phi) is 5.46. The molecule has 1 aliphatic heterocycles. The topological polar surface area (TPSA) is 93.2 Å². The summed E-state index contributed by atoms with van der Waals surface area (Å²) in [4.78, 5) is 31.7. The molecule has 1 atom stereocenters. The van der Waals surface area contributed by atoms with Gasteiger partial charge in [0.15, 0.2) is 0 Å². The molecular weight excluding hydrogens is 394 g/mol. The number of nitrogens with zero attached hydrogens (tertiary/aromatic N) is 5. The second-order valence-electron chi connectivity index (χ2n) is 7.73. The monoisotopic (exact) mass is 419 g/mol. The highest BCUT2D eigenvalue weighted by atomic mass is 16.3. The molecule has 3 aromatic rings. The lowest BCUT2D eigenvalue weighted by molar-refractivity contribution is -0.139. The molecule has 1 aromatic carbocycles. The minimum Gasteiger partial charge on any atom is -0.507 e. The maximum Gasteiger partial charge on any atom is 0.295 e. The highest BCUT2D eigenvalue weighted by Gasteiger charge is 2.46. The minimum absolute atomic E-state index is 0.109. The van der Waals surface area contributed by atoms with Gasteiger partial charge in [-0.3, -0.25) is 14.3 Å². The SMILES string of the molecule is Cc1nn(C)c(C)c1/C(O)=C1\C(=O)C(=O)N(CCCn2ccnc2)[C@H]1c1ccccc1. The molecule has 4 rings (SSSR count). The Morgan fingerprint density at radius 1 is 1.13 bits per heavy atom. The fraction of sp³-hybridized carbons (Fsp3) is 0.304. The van der Waals surface area contributed by atoms with E-state index in [1.54, 1.807) is 36.1 Å². The van der Waals surface area contributed by atoms with Gasteiger partial charge in [-0.2, -0.15) is 5.10 Å². The number of aliphatic hydroxyl groups excluding tert-OH is 1. The van der Waals surface area contributed by atoms with Gasteiger partial charge >= 0.3 is 0 Å². The Labute approximate surface area is 180 Å². The van der Waals surface area contributed by atoms with Gasteiger partial charge in [-0.25, -0.2) is 4.98 Å². The normalized spacial score (nSPS) is 18.2. The summed E-state index contributed by atoms with van der Waals surface area (Å²) < 4.78 is 3.58. The van der Waals surface area contributed by atoms with Crippen molar-refractivity contribution in [2.45, 2.75) is 32.9 Å². The third-order valence-corrected chi connectivity index (χ3v) is 5.78. The number of Topliss-reactive ketones (excluding diaryl/α,β-unsaturated/α-hetero) is 1. The van der Waals surface area contributed by atoms with E-state index in [2.05, 4.69) is 10.1 Å². The summed E-state index contributed by atoms with van der Waals surface area (Å²) >= 11 is 0. The van der Waals surface area contributed by atoms with E-state index in [-0.39, 0.29) is 11.3 Å². The van der Waals surface area contributed by atoms with Crippen molar-refractivity contribution in [2.75, 3.05) is 6.54 Å². The fourth-order valence-corrected chi connectivity index (χ4v) is 4.19. The molecule has 2 aromatic heterocycles. The van der Waals surface area contributed by atoms with Gasteiger partial charge in [0.05, 0.1) is 29.2 Å². The van der Waals surface area contributed by atoms with Gasteiger partial charge in [0.25, 0.3) is 11.7 Å². The summed E-state index contributed by atoms with van der Waals surface area (Å²) in [6, 6.07) is 8.70. The second-order valence-corrected chi connectivity index (χ2v) is 7.73. The van der Waals surface area contributed by atoms with Crippen LogP contribution in [0, 0.1) is 13.8 Å². The molecule has 1 amide bonds. The average molecular weight is 419 g/mol. The van der Waals surface area contributed by atoms with Crippen LogP contribution in [0.15, 0.2) is 54.6 Å². The molecule has 3 heterocycles. The van der Waals surface area contributed by atoms with Gasteiger partial charge < -0.3 is 14.6 Å². The first-order chi connectivity index (χ1) is 14.9. The number of amides is 1. The standard InChI is InChI=1S/C23H25N5O3/c1-15-18(16(2)26(3)25-15)21(29)19-20(17-8-5-4-6-9-17)28(23(31)22(19)30)12-7-11-27-13-10-24-14-27/h4-6,8-10,13-14,20,29H,7,11-12H2,1-3H3/b21-19+/t20-/m0/s1. The number of rotatable bonds is 6. The van der Waals surface area contributed by atoms with E-state index < -0.39 is 17.7 Å². The van der Waals surface area contributed by atoms with Crippen LogP contribution in [0.25, 0.3) is 5.76 Å². The quantitative estimate of drug-likeness (QED) is 0.377. The van der Waals surface area contributed by atoms with E-state index in [9.17, 15) is 14.7 Å². The number of carbonyl (C=O) groups excluding carboxylic acids is 2. The third-order valence-electron chi connectivity index (χ3n) is 5.78. The summed E-state index contributed by atoms with van der Waals surface area (Å²) in [6.45, 7) is 4.66. The van der Waals surface area contributed by atoms with Crippen molar-refractivity contribution in [3.05, 3.63) is 77.1 Å². The molecule has 1 aliphatic rings. The number of aromatic nitrogens is 4. The molecule has 1 N–H and O–H groups in total. The van der Waals surface area contributed by atoms with Crippen LogP contribution in [0.4, 0.5) is 0 Å². The molecule has 160 valence electrons. The lowest BCUT2D eigenvalue weighted by Crippen LogP contribution is -2.31. The zero-order chi connectivity index (χ0) is 22.1. The summed E-state index contributed by atoms with van der Waals surface area (Å²) in [5.41, 5.74) is 2.73. The maximum absolute atomic E-state index is 13.1. The van der Waals surface area contributed by atoms with E-state index in [0.29, 0.717) is 30.8 Å². The first kappa shape index (κ1) is 20.6. The van der Waals surface area contributed by atoms with Crippen molar-refractivity contribution in [3.8, 4) is 0 Å². The van der Waals surface area contributed by atoms with Crippen molar-refractivity contribution >= 4 is 17.4 Å². The van der Waals surface area contributed by atoms with E-state index in [0.717, 1.165) is 11.3 Å². The number of hydrogen-bond acceptors (Lipinski definition) is 5. The van der Waals surface area contributed by atoms with E-state index in [1.165, 1.54) is 0 Å². The van der Waals surface area contributed by atoms with Gasteiger partial charge in [0.2, 0.25) is 0 Å². The molecule has 0 spiro atoms. The molecule has 0 radical (unpaired) electrons. The molecule has 8 nitrogen and oxygen atoms in total. The number of hydrogen-bond donors (Lipinski definition) is 1. The first-order valence-electron chi connectivity index (χ1n) is 10.2. The number of likely N-dealkylation sites (tertiary alicyclic amines) is 1. The zero-order valence-electron chi connectivity index (χ0n) is 17.8. The molecule has 0 aliphatic carbocycles. The zero-order valence-corrected chi connectivity index (χ0v) is 17.8. The van der Waals surface area contributed by atoms with Gasteiger partial charge in [-0.1, -0.05) is 30.3 Å². The Bertz CT molecular complexity index is 1150. The van der Waals surface area contributed by atoms with Crippen LogP contribution in [-0.2, 0) is 23.2 Å². The third kappa shape index (κ3) is 3.65. The largest absolute Gasteiger partial charge is 0.507 e. The Hall–Kier alpha value is -3.68. The predicted molar refractivity (Wildman–Crippen MR) is 115 cm³/mol. The van der Waals surface area contributed by atoms with Gasteiger partial charge in [-0.05, 0) is 25.8 Å². The summed E-state index contributed by atoms with van der Waals surface area (Å²) in [7, 11) is 1.78. The summed E-state index contributed by atoms with van der Waals surface area (Å²) in [5, 5.41) is 15.6. The van der Waals surface area contributed by atoms with Crippen LogP contribution in [0.5, 0.6) is 0 Å². The van der Waals surface area contributed by atoms with E-state index >= 15 is 0 Å². The van der Waals surface area contributed by atoms with E-state index in [1.807, 2.05) is 48.0 Å². The average Bonchev–Trinajstić information content (AvgIpc) is 3.43. The Morgan fingerprint density at radius 3 is 2.48 bits per heavy atom. The fourth-order valence-electron chi connectivity index (χ4n) is 4.19. The first-order valence-corrected chi connectivity index (χ1v) is 10.2.